The number of ether oxygens (including phenoxy) is 1. The molecule has 1 saturated heterocycles. The Kier molecular flexibility index (Phi) is 7.11. The van der Waals surface area contributed by atoms with E-state index in [9.17, 15) is 14.0 Å². The van der Waals surface area contributed by atoms with Crippen molar-refractivity contribution in [2.75, 3.05) is 39.4 Å². The minimum atomic E-state index is -0.365. The van der Waals surface area contributed by atoms with Crippen LogP contribution >= 0.6 is 0 Å². The topological polar surface area (TPSA) is 70.7 Å². The molecule has 2 aromatic carbocycles. The summed E-state index contributed by atoms with van der Waals surface area (Å²) in [5.41, 5.74) is 1.19. The lowest BCUT2D eigenvalue weighted by molar-refractivity contribution is 0.0383. The normalized spacial score (nSPS) is 14.5. The first-order valence-electron chi connectivity index (χ1n) is 9.33. The van der Waals surface area contributed by atoms with Crippen molar-refractivity contribution >= 4 is 11.8 Å². The largest absolute Gasteiger partial charge is 0.379 e. The van der Waals surface area contributed by atoms with Gasteiger partial charge in [-0.05, 0) is 24.3 Å². The molecule has 0 aliphatic carbocycles. The first kappa shape index (κ1) is 20.0. The fraction of sp³-hybridized carbons (Fsp3) is 0.333. The van der Waals surface area contributed by atoms with Crippen LogP contribution in [0.2, 0.25) is 0 Å². The van der Waals surface area contributed by atoms with Crippen LogP contribution in [-0.2, 0) is 11.3 Å². The van der Waals surface area contributed by atoms with E-state index in [2.05, 4.69) is 15.5 Å². The molecule has 3 rings (SSSR count). The highest BCUT2D eigenvalue weighted by Gasteiger charge is 2.13. The summed E-state index contributed by atoms with van der Waals surface area (Å²) in [7, 11) is 0. The number of nitrogens with one attached hydrogen (secondary N) is 2. The molecular weight excluding hydrogens is 361 g/mol. The molecule has 1 heterocycles. The third kappa shape index (κ3) is 5.61. The Hall–Kier alpha value is -2.77. The Bertz CT molecular complexity index is 822. The molecular formula is C21H24FN3O3. The van der Waals surface area contributed by atoms with Crippen molar-refractivity contribution in [2.24, 2.45) is 0 Å². The van der Waals surface area contributed by atoms with Gasteiger partial charge in [-0.15, -0.1) is 0 Å². The fourth-order valence-electron chi connectivity index (χ4n) is 2.98. The highest BCUT2D eigenvalue weighted by atomic mass is 19.1. The van der Waals surface area contributed by atoms with Crippen LogP contribution in [0.4, 0.5) is 4.39 Å². The van der Waals surface area contributed by atoms with Gasteiger partial charge < -0.3 is 15.4 Å². The molecule has 1 aliphatic rings. The van der Waals surface area contributed by atoms with Crippen LogP contribution in [-0.4, -0.2) is 56.1 Å². The molecule has 148 valence electrons. The Morgan fingerprint density at radius 1 is 0.964 bits per heavy atom. The van der Waals surface area contributed by atoms with Crippen molar-refractivity contribution < 1.29 is 18.7 Å². The predicted octanol–water partition coefficient (Wildman–Crippen LogP) is 1.82. The quantitative estimate of drug-likeness (QED) is 0.763. The van der Waals surface area contributed by atoms with Crippen LogP contribution in [0.25, 0.3) is 0 Å². The van der Waals surface area contributed by atoms with Crippen molar-refractivity contribution in [1.82, 2.24) is 15.5 Å². The molecule has 0 spiro atoms. The number of carbonyl (C=O) groups is 2. The molecule has 0 saturated carbocycles. The average molecular weight is 385 g/mol. The lowest BCUT2D eigenvalue weighted by Crippen LogP contribution is -2.41. The van der Waals surface area contributed by atoms with E-state index in [1.807, 2.05) is 0 Å². The summed E-state index contributed by atoms with van der Waals surface area (Å²) in [6, 6.07) is 12.8. The minimum absolute atomic E-state index is 0.0848. The standard InChI is InChI=1S/C21H24FN3O3/c22-19-7-2-1-4-18(19)15-24-21(27)17-6-3-5-16(14-17)20(26)23-8-9-25-10-12-28-13-11-25/h1-7,14H,8-13,15H2,(H,23,26)(H,24,27). The second-order valence-corrected chi connectivity index (χ2v) is 6.56. The zero-order chi connectivity index (χ0) is 19.8. The zero-order valence-electron chi connectivity index (χ0n) is 15.6. The molecule has 2 aromatic rings. The molecule has 7 heteroatoms. The fourth-order valence-corrected chi connectivity index (χ4v) is 2.98. The van der Waals surface area contributed by atoms with E-state index >= 15 is 0 Å². The van der Waals surface area contributed by atoms with Gasteiger partial charge in [0.2, 0.25) is 0 Å². The molecule has 0 radical (unpaired) electrons. The molecule has 1 aliphatic heterocycles. The lowest BCUT2D eigenvalue weighted by Gasteiger charge is -2.26. The first-order valence-corrected chi connectivity index (χ1v) is 9.33. The number of rotatable bonds is 7. The number of halogens is 1. The number of morpholine rings is 1. The first-order chi connectivity index (χ1) is 13.6. The van der Waals surface area contributed by atoms with E-state index in [4.69, 9.17) is 4.74 Å². The van der Waals surface area contributed by atoms with Gasteiger partial charge in [-0.1, -0.05) is 24.3 Å². The molecule has 6 nitrogen and oxygen atoms in total. The van der Waals surface area contributed by atoms with Crippen LogP contribution in [0, 0.1) is 5.82 Å². The summed E-state index contributed by atoms with van der Waals surface area (Å²) in [5.74, 6) is -0.945. The van der Waals surface area contributed by atoms with E-state index in [0.717, 1.165) is 32.8 Å². The number of hydrogen-bond acceptors (Lipinski definition) is 4. The number of carbonyl (C=O) groups excluding carboxylic acids is 2. The van der Waals surface area contributed by atoms with E-state index < -0.39 is 0 Å². The molecule has 0 bridgehead atoms. The predicted molar refractivity (Wildman–Crippen MR) is 104 cm³/mol. The van der Waals surface area contributed by atoms with Gasteiger partial charge in [-0.3, -0.25) is 14.5 Å². The highest BCUT2D eigenvalue weighted by Crippen LogP contribution is 2.08. The van der Waals surface area contributed by atoms with Gasteiger partial charge in [0.05, 0.1) is 13.2 Å². The Balaban J connectivity index is 1.51. The molecule has 0 unspecified atom stereocenters. The molecule has 28 heavy (non-hydrogen) atoms. The van der Waals surface area contributed by atoms with Gasteiger partial charge in [0.15, 0.2) is 0 Å². The van der Waals surface area contributed by atoms with Crippen LogP contribution < -0.4 is 10.6 Å². The van der Waals surface area contributed by atoms with Crippen molar-refractivity contribution in [3.8, 4) is 0 Å². The van der Waals surface area contributed by atoms with E-state index in [0.29, 0.717) is 23.2 Å². The van der Waals surface area contributed by atoms with Crippen molar-refractivity contribution in [2.45, 2.75) is 6.54 Å². The molecule has 2 amide bonds. The number of hydrogen-bond donors (Lipinski definition) is 2. The summed E-state index contributed by atoms with van der Waals surface area (Å²) in [6.07, 6.45) is 0. The summed E-state index contributed by atoms with van der Waals surface area (Å²) < 4.78 is 18.9. The second-order valence-electron chi connectivity index (χ2n) is 6.56. The summed E-state index contributed by atoms with van der Waals surface area (Å²) >= 11 is 0. The van der Waals surface area contributed by atoms with Gasteiger partial charge in [0.25, 0.3) is 11.8 Å². The molecule has 2 N–H and O–H groups in total. The SMILES string of the molecule is O=C(NCCN1CCOCC1)c1cccc(C(=O)NCc2ccccc2F)c1. The van der Waals surface area contributed by atoms with Gasteiger partial charge >= 0.3 is 0 Å². The number of nitrogens with zero attached hydrogens (tertiary/aromatic N) is 1. The van der Waals surface area contributed by atoms with Crippen molar-refractivity contribution in [1.29, 1.82) is 0 Å². The van der Waals surface area contributed by atoms with Crippen molar-refractivity contribution in [3.63, 3.8) is 0 Å². The van der Waals surface area contributed by atoms with Gasteiger partial charge in [0.1, 0.15) is 5.82 Å². The molecule has 1 fully saturated rings. The van der Waals surface area contributed by atoms with Gasteiger partial charge in [-0.2, -0.15) is 0 Å². The summed E-state index contributed by atoms with van der Waals surface area (Å²) in [4.78, 5) is 26.9. The average Bonchev–Trinajstić information content (AvgIpc) is 2.74. The second kappa shape index (κ2) is 9.96. The highest BCUT2D eigenvalue weighted by molar-refractivity contribution is 5.99. The minimum Gasteiger partial charge on any atom is -0.379 e. The van der Waals surface area contributed by atoms with E-state index in [1.165, 1.54) is 6.07 Å². The number of amides is 2. The van der Waals surface area contributed by atoms with Gasteiger partial charge in [-0.25, -0.2) is 4.39 Å². The summed E-state index contributed by atoms with van der Waals surface area (Å²) in [6.45, 7) is 4.55. The Morgan fingerprint density at radius 3 is 2.36 bits per heavy atom. The lowest BCUT2D eigenvalue weighted by atomic mass is 10.1. The van der Waals surface area contributed by atoms with E-state index in [1.54, 1.807) is 42.5 Å². The third-order valence-electron chi connectivity index (χ3n) is 4.60. The molecule has 0 atom stereocenters. The maximum Gasteiger partial charge on any atom is 0.251 e. The Morgan fingerprint density at radius 2 is 1.64 bits per heavy atom. The van der Waals surface area contributed by atoms with Crippen LogP contribution in [0.1, 0.15) is 26.3 Å². The maximum atomic E-state index is 13.7. The Labute approximate surface area is 163 Å². The van der Waals surface area contributed by atoms with Crippen molar-refractivity contribution in [3.05, 3.63) is 71.0 Å². The third-order valence-corrected chi connectivity index (χ3v) is 4.60. The van der Waals surface area contributed by atoms with Crippen LogP contribution in [0.15, 0.2) is 48.5 Å². The summed E-state index contributed by atoms with van der Waals surface area (Å²) in [5, 5.41) is 5.55. The maximum absolute atomic E-state index is 13.7. The smallest absolute Gasteiger partial charge is 0.251 e. The molecule has 0 aromatic heterocycles. The van der Waals surface area contributed by atoms with E-state index in [-0.39, 0.29) is 24.2 Å². The van der Waals surface area contributed by atoms with Crippen LogP contribution in [0.5, 0.6) is 0 Å². The van der Waals surface area contributed by atoms with Gasteiger partial charge in [0, 0.05) is 49.4 Å². The monoisotopic (exact) mass is 385 g/mol. The van der Waals surface area contributed by atoms with Crippen LogP contribution in [0.3, 0.4) is 0 Å². The number of benzene rings is 2. The zero-order valence-corrected chi connectivity index (χ0v) is 15.6.